The number of methoxy groups -OCH3 is 1. The number of carboxylic acids is 1. The summed E-state index contributed by atoms with van der Waals surface area (Å²) < 4.78 is 5.22. The van der Waals surface area contributed by atoms with Crippen LogP contribution in [-0.4, -0.2) is 29.0 Å². The van der Waals surface area contributed by atoms with Gasteiger partial charge in [0.2, 0.25) is 0 Å². The molecule has 0 radical (unpaired) electrons. The minimum Gasteiger partial charge on any atom is -0.497 e. The second-order valence-corrected chi connectivity index (χ2v) is 7.44. The summed E-state index contributed by atoms with van der Waals surface area (Å²) in [6.07, 6.45) is 1.96. The number of carboxylic acid groups (broad SMARTS) is 1. The molecule has 1 heterocycles. The summed E-state index contributed by atoms with van der Waals surface area (Å²) in [5, 5.41) is 18.5. The van der Waals surface area contributed by atoms with Gasteiger partial charge < -0.3 is 20.6 Å². The number of nitrogen functional groups attached to an aromatic ring is 1. The van der Waals surface area contributed by atoms with Crippen LogP contribution in [0.25, 0.3) is 22.0 Å². The fourth-order valence-electron chi connectivity index (χ4n) is 4.02. The predicted octanol–water partition coefficient (Wildman–Crippen LogP) is 4.98. The van der Waals surface area contributed by atoms with Crippen LogP contribution in [0, 0.1) is 5.41 Å². The maximum Gasteiger partial charge on any atom is 0.336 e. The first kappa shape index (κ1) is 20.2. The van der Waals surface area contributed by atoms with Crippen LogP contribution in [0.5, 0.6) is 5.75 Å². The summed E-state index contributed by atoms with van der Waals surface area (Å²) >= 11 is 0. The highest BCUT2D eigenvalue weighted by Crippen LogP contribution is 2.38. The third kappa shape index (κ3) is 3.64. The van der Waals surface area contributed by atoms with Crippen molar-refractivity contribution >= 4 is 22.7 Å². The molecule has 1 aromatic heterocycles. The normalized spacial score (nSPS) is 11.9. The summed E-state index contributed by atoms with van der Waals surface area (Å²) in [6.45, 7) is 2.10. The molecule has 0 bridgehead atoms. The molecule has 0 aliphatic heterocycles. The minimum atomic E-state index is -1.000. The summed E-state index contributed by atoms with van der Waals surface area (Å²) in [6, 6.07) is 18.6. The van der Waals surface area contributed by atoms with E-state index in [2.05, 4.69) is 11.9 Å². The van der Waals surface area contributed by atoms with E-state index in [0.29, 0.717) is 16.9 Å². The molecule has 6 heteroatoms. The first-order chi connectivity index (χ1) is 14.9. The Morgan fingerprint density at radius 3 is 2.55 bits per heavy atom. The van der Waals surface area contributed by atoms with E-state index in [1.165, 1.54) is 7.11 Å². The fraction of sp³-hybridized carbons (Fsp3) is 0.120. The Kier molecular flexibility index (Phi) is 5.21. The summed E-state index contributed by atoms with van der Waals surface area (Å²) in [5.74, 6) is -0.473. The fourth-order valence-corrected chi connectivity index (χ4v) is 4.02. The van der Waals surface area contributed by atoms with Gasteiger partial charge in [0.1, 0.15) is 11.6 Å². The lowest BCUT2D eigenvalue weighted by Crippen LogP contribution is -2.10. The number of nitrogens with two attached hydrogens (primary N) is 1. The van der Waals surface area contributed by atoms with Crippen molar-refractivity contribution in [1.29, 1.82) is 5.41 Å². The number of hydrogen-bond donors (Lipinski definition) is 4. The Hall–Kier alpha value is -4.06. The molecule has 4 aromatic rings. The monoisotopic (exact) mass is 413 g/mol. The number of benzene rings is 3. The second kappa shape index (κ2) is 7.99. The van der Waals surface area contributed by atoms with Crippen molar-refractivity contribution in [2.75, 3.05) is 7.11 Å². The van der Waals surface area contributed by atoms with E-state index in [4.69, 9.17) is 15.9 Å². The van der Waals surface area contributed by atoms with Gasteiger partial charge >= 0.3 is 5.97 Å². The van der Waals surface area contributed by atoms with Crippen LogP contribution in [0.2, 0.25) is 0 Å². The molecule has 6 nitrogen and oxygen atoms in total. The maximum atomic E-state index is 11.9. The van der Waals surface area contributed by atoms with Crippen LogP contribution < -0.4 is 10.5 Å². The smallest absolute Gasteiger partial charge is 0.336 e. The van der Waals surface area contributed by atoms with Crippen molar-refractivity contribution in [3.8, 4) is 16.9 Å². The average Bonchev–Trinajstić information content (AvgIpc) is 3.21. The molecule has 0 spiro atoms. The first-order valence-electron chi connectivity index (χ1n) is 9.86. The molecule has 5 N–H and O–H groups in total. The Morgan fingerprint density at radius 2 is 1.84 bits per heavy atom. The number of nitrogens with one attached hydrogen (secondary N) is 2. The van der Waals surface area contributed by atoms with E-state index >= 15 is 0 Å². The van der Waals surface area contributed by atoms with Crippen LogP contribution in [0.3, 0.4) is 0 Å². The number of aromatic amines is 1. The van der Waals surface area contributed by atoms with Crippen molar-refractivity contribution in [3.05, 3.63) is 89.1 Å². The van der Waals surface area contributed by atoms with Crippen molar-refractivity contribution < 1.29 is 14.6 Å². The molecule has 0 fully saturated rings. The Balaban J connectivity index is 1.84. The van der Waals surface area contributed by atoms with E-state index in [1.807, 2.05) is 48.7 Å². The van der Waals surface area contributed by atoms with Crippen molar-refractivity contribution in [3.63, 3.8) is 0 Å². The predicted molar refractivity (Wildman–Crippen MR) is 122 cm³/mol. The zero-order chi connectivity index (χ0) is 22.1. The number of aromatic nitrogens is 1. The zero-order valence-electron chi connectivity index (χ0n) is 17.3. The van der Waals surface area contributed by atoms with E-state index in [0.717, 1.165) is 27.6 Å². The van der Waals surface area contributed by atoms with E-state index in [-0.39, 0.29) is 17.3 Å². The second-order valence-electron chi connectivity index (χ2n) is 7.44. The molecule has 3 aromatic carbocycles. The number of fused-ring (bicyclic) bond motifs is 1. The molecule has 0 saturated carbocycles. The molecular formula is C25H23N3O3. The van der Waals surface area contributed by atoms with Gasteiger partial charge in [0.05, 0.1) is 12.7 Å². The highest BCUT2D eigenvalue weighted by Gasteiger charge is 2.21. The summed E-state index contributed by atoms with van der Waals surface area (Å²) in [5.41, 5.74) is 11.0. The third-order valence-electron chi connectivity index (χ3n) is 5.67. The molecule has 0 amide bonds. The van der Waals surface area contributed by atoms with E-state index < -0.39 is 5.97 Å². The number of H-pyrrole nitrogens is 1. The molecule has 1 atom stereocenters. The van der Waals surface area contributed by atoms with Gasteiger partial charge in [-0.2, -0.15) is 0 Å². The first-order valence-corrected chi connectivity index (χ1v) is 9.86. The summed E-state index contributed by atoms with van der Waals surface area (Å²) in [7, 11) is 1.52. The average molecular weight is 413 g/mol. The van der Waals surface area contributed by atoms with Crippen molar-refractivity contribution in [1.82, 2.24) is 4.98 Å². The molecule has 0 aliphatic carbocycles. The van der Waals surface area contributed by atoms with Gasteiger partial charge in [0.15, 0.2) is 0 Å². The van der Waals surface area contributed by atoms with Gasteiger partial charge in [-0.3, -0.25) is 5.41 Å². The maximum absolute atomic E-state index is 11.9. The molecule has 0 aliphatic rings. The highest BCUT2D eigenvalue weighted by molar-refractivity contribution is 5.99. The largest absolute Gasteiger partial charge is 0.497 e. The molecule has 1 unspecified atom stereocenters. The third-order valence-corrected chi connectivity index (χ3v) is 5.67. The SMILES string of the molecule is COc1ccc(-c2ccccc2C(C)c2c[nH]c3cc(C(=N)N)ccc23)c(C(=O)O)c1. The van der Waals surface area contributed by atoms with Gasteiger partial charge in [-0.25, -0.2) is 4.79 Å². The summed E-state index contributed by atoms with van der Waals surface area (Å²) in [4.78, 5) is 15.2. The van der Waals surface area contributed by atoms with Crippen molar-refractivity contribution in [2.45, 2.75) is 12.8 Å². The lowest BCUT2D eigenvalue weighted by molar-refractivity contribution is 0.0697. The van der Waals surface area contributed by atoms with Crippen LogP contribution >= 0.6 is 0 Å². The number of hydrogen-bond acceptors (Lipinski definition) is 3. The quantitative estimate of drug-likeness (QED) is 0.264. The van der Waals surface area contributed by atoms with Crippen molar-refractivity contribution in [2.24, 2.45) is 5.73 Å². The molecule has 4 rings (SSSR count). The number of ether oxygens (including phenoxy) is 1. The van der Waals surface area contributed by atoms with Crippen LogP contribution in [-0.2, 0) is 0 Å². The molecule has 156 valence electrons. The molecular weight excluding hydrogens is 390 g/mol. The zero-order valence-corrected chi connectivity index (χ0v) is 17.3. The number of carbonyl (C=O) groups is 1. The standard InChI is InChI=1S/C25H23N3O3/c1-14(22-13-28-23-11-15(24(26)27)7-9-20(22)23)17-5-3-4-6-18(17)19-10-8-16(31-2)12-21(19)25(29)30/h3-14,28H,1-2H3,(H3,26,27)(H,29,30). The van der Waals surface area contributed by atoms with Crippen LogP contribution in [0.15, 0.2) is 66.9 Å². The van der Waals surface area contributed by atoms with Gasteiger partial charge in [-0.1, -0.05) is 43.3 Å². The Labute approximate surface area is 179 Å². The molecule has 0 saturated heterocycles. The Bertz CT molecular complexity index is 1310. The number of amidine groups is 1. The minimum absolute atomic E-state index is 0.00289. The van der Waals surface area contributed by atoms with Gasteiger partial charge in [0.25, 0.3) is 0 Å². The number of aromatic carboxylic acids is 1. The topological polar surface area (TPSA) is 112 Å². The Morgan fingerprint density at radius 1 is 1.06 bits per heavy atom. The van der Waals surface area contributed by atoms with Crippen LogP contribution in [0.1, 0.15) is 39.9 Å². The van der Waals surface area contributed by atoms with Gasteiger partial charge in [-0.05, 0) is 46.5 Å². The lowest BCUT2D eigenvalue weighted by Gasteiger charge is -2.18. The van der Waals surface area contributed by atoms with Gasteiger partial charge in [-0.15, -0.1) is 0 Å². The number of rotatable bonds is 6. The van der Waals surface area contributed by atoms with Gasteiger partial charge in [0, 0.05) is 28.6 Å². The lowest BCUT2D eigenvalue weighted by atomic mass is 9.85. The highest BCUT2D eigenvalue weighted by atomic mass is 16.5. The van der Waals surface area contributed by atoms with E-state index in [1.54, 1.807) is 18.2 Å². The van der Waals surface area contributed by atoms with E-state index in [9.17, 15) is 9.90 Å². The van der Waals surface area contributed by atoms with Crippen LogP contribution in [0.4, 0.5) is 0 Å². The molecule has 31 heavy (non-hydrogen) atoms.